The van der Waals surface area contributed by atoms with Crippen molar-refractivity contribution in [2.75, 3.05) is 10.7 Å². The lowest BCUT2D eigenvalue weighted by Gasteiger charge is -2.37. The van der Waals surface area contributed by atoms with Crippen molar-refractivity contribution < 1.29 is 27.1 Å². The van der Waals surface area contributed by atoms with Crippen molar-refractivity contribution in [1.82, 2.24) is 14.8 Å². The molecule has 13 heteroatoms. The van der Waals surface area contributed by atoms with Gasteiger partial charge in [-0.3, -0.25) is 0 Å². The second-order valence-corrected chi connectivity index (χ2v) is 12.6. The Labute approximate surface area is 274 Å². The Hall–Kier alpha value is -4.52. The van der Waals surface area contributed by atoms with Crippen molar-refractivity contribution in [2.24, 2.45) is 9.98 Å². The number of alkyl halides is 3. The number of rotatable bonds is 7. The van der Waals surface area contributed by atoms with Crippen LogP contribution in [0.4, 0.5) is 28.0 Å². The molecule has 1 aromatic heterocycles. The number of aromatic nitrogens is 3. The molecule has 0 N–H and O–H groups in total. The Balaban J connectivity index is 1.29. The molecule has 2 atom stereocenters. The first-order chi connectivity index (χ1) is 22.3. The van der Waals surface area contributed by atoms with Gasteiger partial charge in [0, 0.05) is 34.7 Å². The molecule has 1 aliphatic heterocycles. The molecule has 2 unspecified atom stereocenters. The summed E-state index contributed by atoms with van der Waals surface area (Å²) in [6, 6.07) is 17.0. The maximum atomic E-state index is 14.1. The molecule has 1 fully saturated rings. The Bertz CT molecular complexity index is 1790. The van der Waals surface area contributed by atoms with E-state index in [9.17, 15) is 22.4 Å². The summed E-state index contributed by atoms with van der Waals surface area (Å²) in [5, 5.41) is 5.00. The molecule has 0 spiro atoms. The Morgan fingerprint density at radius 1 is 1.04 bits per heavy atom. The van der Waals surface area contributed by atoms with Gasteiger partial charge in [0.1, 0.15) is 17.9 Å². The Kier molecular flexibility index (Phi) is 10.1. The number of carbonyl (C=O) groups excluding carboxylic acids is 1. The van der Waals surface area contributed by atoms with Gasteiger partial charge in [-0.25, -0.2) is 23.8 Å². The number of carbonyl (C=O) groups is 1. The van der Waals surface area contributed by atoms with Crippen molar-refractivity contribution in [2.45, 2.75) is 65.3 Å². The normalized spacial score (nSPS) is 17.3. The van der Waals surface area contributed by atoms with E-state index >= 15 is 0 Å². The highest BCUT2D eigenvalue weighted by atomic mass is 32.2. The molecule has 2 heterocycles. The summed E-state index contributed by atoms with van der Waals surface area (Å²) in [4.78, 5) is 28.2. The van der Waals surface area contributed by atoms with Crippen LogP contribution in [-0.4, -0.2) is 49.8 Å². The number of hydrogen-bond donors (Lipinski definition) is 0. The maximum Gasteiger partial charge on any atom is 0.573 e. The smallest absolute Gasteiger partial charge is 0.406 e. The van der Waals surface area contributed by atoms with Crippen molar-refractivity contribution in [3.05, 3.63) is 90.0 Å². The van der Waals surface area contributed by atoms with Gasteiger partial charge in [-0.1, -0.05) is 56.8 Å². The van der Waals surface area contributed by atoms with Gasteiger partial charge in [0.2, 0.25) is 0 Å². The number of anilines is 1. The largest absolute Gasteiger partial charge is 0.573 e. The summed E-state index contributed by atoms with van der Waals surface area (Å²) in [7, 11) is 0. The summed E-state index contributed by atoms with van der Waals surface area (Å²) in [5.74, 6) is 0.512. The third-order valence-corrected chi connectivity index (χ3v) is 8.86. The highest BCUT2D eigenvalue weighted by Gasteiger charge is 2.31. The first-order valence-electron chi connectivity index (χ1n) is 15.1. The number of amidine groups is 1. The highest BCUT2D eigenvalue weighted by Crippen LogP contribution is 2.35. The molecule has 3 aromatic carbocycles. The fraction of sp³-hybridized carbons (Fsp3) is 0.324. The SMILES string of the molecule is CC(=NC(=O)N=C1SCCC(C)N1c1ccc(F)cc1C(C)C)C(C)c1ccc(-c2ncn(-c3ccc(OC(F)(F)F)cc3)n2)cc1. The van der Waals surface area contributed by atoms with Gasteiger partial charge in [0.15, 0.2) is 11.0 Å². The minimum Gasteiger partial charge on any atom is -0.406 e. The van der Waals surface area contributed by atoms with Crippen LogP contribution in [0.5, 0.6) is 5.75 Å². The molecule has 1 saturated heterocycles. The Morgan fingerprint density at radius 2 is 1.74 bits per heavy atom. The average molecular weight is 667 g/mol. The quantitative estimate of drug-likeness (QED) is 0.145. The minimum atomic E-state index is -4.76. The number of halogens is 4. The van der Waals surface area contributed by atoms with E-state index in [-0.39, 0.29) is 29.4 Å². The van der Waals surface area contributed by atoms with Crippen LogP contribution in [0, 0.1) is 5.82 Å². The second-order valence-electron chi connectivity index (χ2n) is 11.5. The molecule has 1 aliphatic rings. The van der Waals surface area contributed by atoms with Gasteiger partial charge in [-0.05, 0) is 79.8 Å². The van der Waals surface area contributed by atoms with E-state index in [1.165, 1.54) is 53.1 Å². The van der Waals surface area contributed by atoms with Gasteiger partial charge < -0.3 is 9.64 Å². The van der Waals surface area contributed by atoms with Crippen LogP contribution < -0.4 is 9.64 Å². The lowest BCUT2D eigenvalue weighted by Crippen LogP contribution is -2.42. The van der Waals surface area contributed by atoms with E-state index in [4.69, 9.17) is 0 Å². The summed E-state index contributed by atoms with van der Waals surface area (Å²) in [6.07, 6.45) is -2.40. The van der Waals surface area contributed by atoms with Crippen LogP contribution in [0.2, 0.25) is 0 Å². The maximum absolute atomic E-state index is 14.1. The number of thioether (sulfide) groups is 1. The monoisotopic (exact) mass is 666 g/mol. The molecule has 47 heavy (non-hydrogen) atoms. The van der Waals surface area contributed by atoms with E-state index in [1.807, 2.05) is 49.9 Å². The van der Waals surface area contributed by atoms with E-state index < -0.39 is 12.4 Å². The van der Waals surface area contributed by atoms with E-state index in [1.54, 1.807) is 19.1 Å². The third-order valence-electron chi connectivity index (χ3n) is 7.87. The molecular weight excluding hydrogens is 632 g/mol. The summed E-state index contributed by atoms with van der Waals surface area (Å²) in [6.45, 7) is 9.83. The molecule has 246 valence electrons. The summed E-state index contributed by atoms with van der Waals surface area (Å²) in [5.41, 5.74) is 4.47. The minimum absolute atomic E-state index is 0.0765. The average Bonchev–Trinajstić information content (AvgIpc) is 3.51. The first-order valence-corrected chi connectivity index (χ1v) is 16.0. The zero-order valence-electron chi connectivity index (χ0n) is 26.5. The summed E-state index contributed by atoms with van der Waals surface area (Å²) >= 11 is 1.49. The third kappa shape index (κ3) is 8.26. The van der Waals surface area contributed by atoms with Crippen molar-refractivity contribution in [3.8, 4) is 22.8 Å². The van der Waals surface area contributed by atoms with E-state index in [0.717, 1.165) is 34.6 Å². The number of ether oxygens (including phenoxy) is 1. The number of benzene rings is 3. The zero-order valence-corrected chi connectivity index (χ0v) is 27.3. The molecule has 5 rings (SSSR count). The van der Waals surface area contributed by atoms with Gasteiger partial charge >= 0.3 is 12.4 Å². The van der Waals surface area contributed by atoms with Gasteiger partial charge in [-0.2, -0.15) is 4.99 Å². The molecule has 0 radical (unpaired) electrons. The second kappa shape index (κ2) is 14.1. The van der Waals surface area contributed by atoms with Gasteiger partial charge in [0.05, 0.1) is 5.69 Å². The number of amides is 2. The molecule has 0 saturated carbocycles. The van der Waals surface area contributed by atoms with Crippen LogP contribution in [0.25, 0.3) is 17.1 Å². The number of aliphatic imine (C=N–C) groups is 2. The topological polar surface area (TPSA) is 85.0 Å². The number of nitrogens with zero attached hydrogens (tertiary/aromatic N) is 6. The van der Waals surface area contributed by atoms with Crippen LogP contribution >= 0.6 is 11.8 Å². The van der Waals surface area contributed by atoms with Gasteiger partial charge in [0.25, 0.3) is 0 Å². The molecule has 0 bridgehead atoms. The predicted molar refractivity (Wildman–Crippen MR) is 177 cm³/mol. The van der Waals surface area contributed by atoms with Crippen LogP contribution in [0.15, 0.2) is 83.0 Å². The Morgan fingerprint density at radius 3 is 2.40 bits per heavy atom. The molecule has 0 aliphatic carbocycles. The molecule has 8 nitrogen and oxygen atoms in total. The van der Waals surface area contributed by atoms with Crippen molar-refractivity contribution in [1.29, 1.82) is 0 Å². The van der Waals surface area contributed by atoms with E-state index in [0.29, 0.717) is 22.4 Å². The summed E-state index contributed by atoms with van der Waals surface area (Å²) < 4.78 is 56.8. The fourth-order valence-electron chi connectivity index (χ4n) is 5.18. The van der Waals surface area contributed by atoms with Crippen LogP contribution in [0.1, 0.15) is 64.0 Å². The lowest BCUT2D eigenvalue weighted by atomic mass is 9.96. The van der Waals surface area contributed by atoms with Crippen molar-refractivity contribution in [3.63, 3.8) is 0 Å². The lowest BCUT2D eigenvalue weighted by molar-refractivity contribution is -0.274. The highest BCUT2D eigenvalue weighted by molar-refractivity contribution is 8.14. The standard InChI is InChI=1S/C34H34F4N6O2S/c1-20(2)29-18-26(35)10-15-30(29)44-21(3)16-17-47-33(44)41-32(45)40-23(5)22(4)24-6-8-25(9-7-24)31-39-19-43(42-31)27-11-13-28(14-12-27)46-34(36,37)38/h6-15,18-22H,16-17H2,1-5H3. The number of urea groups is 1. The zero-order chi connectivity index (χ0) is 33.9. The molecule has 2 amide bonds. The van der Waals surface area contributed by atoms with Crippen LogP contribution in [0.3, 0.4) is 0 Å². The van der Waals surface area contributed by atoms with Crippen LogP contribution in [-0.2, 0) is 0 Å². The predicted octanol–water partition coefficient (Wildman–Crippen LogP) is 9.17. The number of hydrogen-bond acceptors (Lipinski definition) is 5. The van der Waals surface area contributed by atoms with E-state index in [2.05, 4.69) is 31.7 Å². The first kappa shape index (κ1) is 33.8. The molecule has 4 aromatic rings. The molecular formula is C34H34F4N6O2S. The van der Waals surface area contributed by atoms with Gasteiger partial charge in [-0.15, -0.1) is 18.3 Å². The van der Waals surface area contributed by atoms with Crippen molar-refractivity contribution >= 4 is 34.4 Å². The fourth-order valence-corrected chi connectivity index (χ4v) is 6.38.